The third-order valence-electron chi connectivity index (χ3n) is 2.17. The molecule has 2 aromatic heterocycles. The second-order valence-corrected chi connectivity index (χ2v) is 3.24. The van der Waals surface area contributed by atoms with Crippen molar-refractivity contribution in [1.82, 2.24) is 19.5 Å². The summed E-state index contributed by atoms with van der Waals surface area (Å²) in [6.45, 7) is 0. The second-order valence-electron chi connectivity index (χ2n) is 3.24. The molecule has 0 aliphatic rings. The molecular formula is C8H6N4O5. The molecule has 9 nitrogen and oxygen atoms in total. The van der Waals surface area contributed by atoms with Gasteiger partial charge in [0.15, 0.2) is 11.2 Å². The summed E-state index contributed by atoms with van der Waals surface area (Å²) >= 11 is 0. The van der Waals surface area contributed by atoms with E-state index in [1.54, 1.807) is 0 Å². The van der Waals surface area contributed by atoms with Crippen molar-refractivity contribution < 1.29 is 9.90 Å². The van der Waals surface area contributed by atoms with E-state index in [9.17, 15) is 19.2 Å². The summed E-state index contributed by atoms with van der Waals surface area (Å²) in [4.78, 5) is 52.4. The zero-order valence-electron chi connectivity index (χ0n) is 8.47. The fourth-order valence-corrected chi connectivity index (χ4v) is 1.29. The zero-order chi connectivity index (χ0) is 12.7. The van der Waals surface area contributed by atoms with Crippen molar-refractivity contribution in [2.45, 2.75) is 0 Å². The maximum Gasteiger partial charge on any atom is 0.360 e. The van der Waals surface area contributed by atoms with E-state index in [-0.39, 0.29) is 11.2 Å². The number of rotatable bonds is 1. The molecule has 0 unspecified atom stereocenters. The first-order valence-electron chi connectivity index (χ1n) is 4.38. The third-order valence-corrected chi connectivity index (χ3v) is 2.17. The Morgan fingerprint density at radius 2 is 1.94 bits per heavy atom. The number of aromatic nitrogens is 4. The molecule has 0 saturated heterocycles. The Hall–Kier alpha value is -2.71. The van der Waals surface area contributed by atoms with Crippen LogP contribution in [0.5, 0.6) is 0 Å². The maximum absolute atomic E-state index is 11.6. The number of nitrogens with one attached hydrogen (secondary N) is 2. The van der Waals surface area contributed by atoms with Gasteiger partial charge in [-0.2, -0.15) is 0 Å². The lowest BCUT2D eigenvalue weighted by molar-refractivity contribution is 0.0688. The number of aromatic carboxylic acids is 1. The van der Waals surface area contributed by atoms with Gasteiger partial charge in [-0.15, -0.1) is 0 Å². The summed E-state index contributed by atoms with van der Waals surface area (Å²) in [7, 11) is 1.21. The topological polar surface area (TPSA) is 138 Å². The highest BCUT2D eigenvalue weighted by molar-refractivity contribution is 5.86. The van der Waals surface area contributed by atoms with E-state index in [0.29, 0.717) is 0 Å². The molecule has 0 bridgehead atoms. The van der Waals surface area contributed by atoms with Crippen molar-refractivity contribution in [3.63, 3.8) is 0 Å². The number of hydrogen-bond donors (Lipinski definition) is 3. The Morgan fingerprint density at radius 1 is 1.29 bits per heavy atom. The minimum absolute atomic E-state index is 0.248. The summed E-state index contributed by atoms with van der Waals surface area (Å²) in [6.07, 6.45) is 0. The van der Waals surface area contributed by atoms with Crippen LogP contribution in [0.2, 0.25) is 0 Å². The SMILES string of the molecule is Cn1c(=O)[nH]c2nc(C(=O)O)c(=O)[nH]c2c1=O. The van der Waals surface area contributed by atoms with Crippen molar-refractivity contribution in [2.75, 3.05) is 0 Å². The summed E-state index contributed by atoms with van der Waals surface area (Å²) in [5, 5.41) is 8.66. The van der Waals surface area contributed by atoms with E-state index in [1.165, 1.54) is 7.05 Å². The summed E-state index contributed by atoms with van der Waals surface area (Å²) in [5.41, 5.74) is -3.82. The Morgan fingerprint density at radius 3 is 2.53 bits per heavy atom. The van der Waals surface area contributed by atoms with Crippen LogP contribution >= 0.6 is 0 Å². The molecule has 88 valence electrons. The fourth-order valence-electron chi connectivity index (χ4n) is 1.29. The minimum Gasteiger partial charge on any atom is -0.476 e. The molecule has 0 atom stereocenters. The van der Waals surface area contributed by atoms with Crippen LogP contribution in [0.1, 0.15) is 10.5 Å². The predicted molar refractivity (Wildman–Crippen MR) is 55.2 cm³/mol. The van der Waals surface area contributed by atoms with Crippen molar-refractivity contribution in [2.24, 2.45) is 7.05 Å². The predicted octanol–water partition coefficient (Wildman–Crippen LogP) is -1.99. The number of H-pyrrole nitrogens is 2. The largest absolute Gasteiger partial charge is 0.476 e. The molecule has 0 fully saturated rings. The van der Waals surface area contributed by atoms with Crippen LogP contribution in [0.15, 0.2) is 14.4 Å². The number of carboxylic acid groups (broad SMARTS) is 1. The van der Waals surface area contributed by atoms with Crippen LogP contribution in [0.25, 0.3) is 11.2 Å². The number of fused-ring (bicyclic) bond motifs is 1. The van der Waals surface area contributed by atoms with Gasteiger partial charge in [-0.05, 0) is 0 Å². The van der Waals surface area contributed by atoms with E-state index in [4.69, 9.17) is 5.11 Å². The first kappa shape index (κ1) is 10.8. The lowest BCUT2D eigenvalue weighted by Gasteiger charge is -2.00. The number of nitrogens with zero attached hydrogens (tertiary/aromatic N) is 2. The molecule has 2 rings (SSSR count). The van der Waals surface area contributed by atoms with Crippen LogP contribution < -0.4 is 16.8 Å². The molecule has 2 aromatic rings. The third kappa shape index (κ3) is 1.53. The average molecular weight is 238 g/mol. The van der Waals surface area contributed by atoms with Gasteiger partial charge in [0.25, 0.3) is 11.1 Å². The van der Waals surface area contributed by atoms with Crippen LogP contribution in [-0.2, 0) is 7.05 Å². The van der Waals surface area contributed by atoms with Crippen LogP contribution in [-0.4, -0.2) is 30.6 Å². The monoisotopic (exact) mass is 238 g/mol. The van der Waals surface area contributed by atoms with Gasteiger partial charge >= 0.3 is 11.7 Å². The molecule has 0 amide bonds. The number of aromatic amines is 2. The van der Waals surface area contributed by atoms with Crippen molar-refractivity contribution in [1.29, 1.82) is 0 Å². The van der Waals surface area contributed by atoms with Crippen molar-refractivity contribution in [3.8, 4) is 0 Å². The van der Waals surface area contributed by atoms with Gasteiger partial charge in [0.1, 0.15) is 0 Å². The lowest BCUT2D eigenvalue weighted by Crippen LogP contribution is -2.35. The van der Waals surface area contributed by atoms with Crippen molar-refractivity contribution >= 4 is 17.1 Å². The van der Waals surface area contributed by atoms with E-state index in [1.807, 2.05) is 0 Å². The molecule has 3 N–H and O–H groups in total. The average Bonchev–Trinajstić information content (AvgIpc) is 2.26. The first-order chi connectivity index (χ1) is 7.91. The number of hydrogen-bond acceptors (Lipinski definition) is 5. The van der Waals surface area contributed by atoms with Gasteiger partial charge in [0.2, 0.25) is 5.69 Å². The van der Waals surface area contributed by atoms with Gasteiger partial charge in [-0.3, -0.25) is 19.1 Å². The van der Waals surface area contributed by atoms with E-state index in [2.05, 4.69) is 15.0 Å². The molecule has 0 saturated carbocycles. The summed E-state index contributed by atoms with van der Waals surface area (Å²) in [5.74, 6) is -1.55. The standard InChI is InChI=1S/C8H6N4O5/c1-12-6(14)2-4(11-8(12)17)9-3(7(15)16)5(13)10-2/h1H3,(H,10,13)(H,15,16)(H,9,11,17). The van der Waals surface area contributed by atoms with Gasteiger partial charge in [0.05, 0.1) is 0 Å². The van der Waals surface area contributed by atoms with Gasteiger partial charge in [-0.1, -0.05) is 0 Å². The molecule has 0 radical (unpaired) electrons. The van der Waals surface area contributed by atoms with Crippen LogP contribution in [0.4, 0.5) is 0 Å². The smallest absolute Gasteiger partial charge is 0.360 e. The highest BCUT2D eigenvalue weighted by Crippen LogP contribution is 1.95. The van der Waals surface area contributed by atoms with Crippen LogP contribution in [0, 0.1) is 0 Å². The molecule has 0 aliphatic heterocycles. The van der Waals surface area contributed by atoms with Gasteiger partial charge in [-0.25, -0.2) is 14.6 Å². The Kier molecular flexibility index (Phi) is 2.16. The first-order valence-corrected chi connectivity index (χ1v) is 4.38. The molecule has 0 aliphatic carbocycles. The van der Waals surface area contributed by atoms with Crippen molar-refractivity contribution in [3.05, 3.63) is 36.9 Å². The van der Waals surface area contributed by atoms with Crippen LogP contribution in [0.3, 0.4) is 0 Å². The van der Waals surface area contributed by atoms with E-state index >= 15 is 0 Å². The van der Waals surface area contributed by atoms with E-state index in [0.717, 1.165) is 4.57 Å². The second kappa shape index (κ2) is 3.40. The normalized spacial score (nSPS) is 10.6. The molecular weight excluding hydrogens is 232 g/mol. The molecule has 2 heterocycles. The molecule has 9 heteroatoms. The highest BCUT2D eigenvalue weighted by Gasteiger charge is 2.15. The Balaban J connectivity index is 3.05. The number of carboxylic acids is 1. The van der Waals surface area contributed by atoms with Gasteiger partial charge in [0, 0.05) is 7.05 Å². The highest BCUT2D eigenvalue weighted by atomic mass is 16.4. The number of carbonyl (C=O) groups is 1. The molecule has 0 spiro atoms. The molecule has 0 aromatic carbocycles. The maximum atomic E-state index is 11.6. The van der Waals surface area contributed by atoms with E-state index < -0.39 is 28.5 Å². The minimum atomic E-state index is -1.55. The zero-order valence-corrected chi connectivity index (χ0v) is 8.47. The summed E-state index contributed by atoms with van der Waals surface area (Å²) < 4.78 is 0.737. The quantitative estimate of drug-likeness (QED) is 0.525. The summed E-state index contributed by atoms with van der Waals surface area (Å²) in [6, 6.07) is 0. The van der Waals surface area contributed by atoms with Gasteiger partial charge < -0.3 is 10.1 Å². The molecule has 17 heavy (non-hydrogen) atoms. The Bertz CT molecular complexity index is 796. The lowest BCUT2D eigenvalue weighted by atomic mass is 10.4. The fraction of sp³-hybridized carbons (Fsp3) is 0.125. The Labute approximate surface area is 91.4 Å².